The van der Waals surface area contributed by atoms with Crippen molar-refractivity contribution in [1.82, 2.24) is 0 Å². The molecule has 0 atom stereocenters. The Labute approximate surface area is 180 Å². The Hall–Kier alpha value is -2.59. The minimum absolute atomic E-state index is 0.0636. The average molecular weight is 485 g/mol. The molecule has 8 nitrogen and oxygen atoms in total. The lowest BCUT2D eigenvalue weighted by molar-refractivity contribution is -0.146. The predicted molar refractivity (Wildman–Crippen MR) is 113 cm³/mol. The first kappa shape index (κ1) is 22.7. The third-order valence-corrected chi connectivity index (χ3v) is 5.16. The highest BCUT2D eigenvalue weighted by molar-refractivity contribution is 9.10. The molecule has 156 valence electrons. The summed E-state index contributed by atoms with van der Waals surface area (Å²) in [6.07, 6.45) is -0.0636. The zero-order valence-electron chi connectivity index (χ0n) is 16.0. The van der Waals surface area contributed by atoms with E-state index in [0.717, 1.165) is 11.3 Å². The van der Waals surface area contributed by atoms with Gasteiger partial charge in [-0.25, -0.2) is 0 Å². The lowest BCUT2D eigenvalue weighted by Crippen LogP contribution is -2.23. The van der Waals surface area contributed by atoms with Gasteiger partial charge in [0.2, 0.25) is 0 Å². The molecule has 1 heterocycles. The number of rotatable bonds is 10. The van der Waals surface area contributed by atoms with Crippen LogP contribution in [0, 0.1) is 0 Å². The van der Waals surface area contributed by atoms with Gasteiger partial charge in [-0.15, -0.1) is 11.3 Å². The molecule has 10 heteroatoms. The molecule has 0 aliphatic carbocycles. The van der Waals surface area contributed by atoms with Crippen LogP contribution in [0.4, 0.5) is 5.00 Å². The Morgan fingerprint density at radius 2 is 1.79 bits per heavy atom. The summed E-state index contributed by atoms with van der Waals surface area (Å²) in [4.78, 5) is 35.4. The van der Waals surface area contributed by atoms with E-state index in [1.54, 1.807) is 17.5 Å². The van der Waals surface area contributed by atoms with E-state index in [1.807, 2.05) is 13.8 Å². The number of hydrogen-bond donors (Lipinski definition) is 2. The van der Waals surface area contributed by atoms with Crippen LogP contribution >= 0.6 is 27.3 Å². The van der Waals surface area contributed by atoms with Gasteiger partial charge in [-0.1, -0.05) is 15.9 Å². The van der Waals surface area contributed by atoms with E-state index in [9.17, 15) is 14.4 Å². The van der Waals surface area contributed by atoms with Gasteiger partial charge in [0.05, 0.1) is 25.2 Å². The quantitative estimate of drug-likeness (QED) is 0.500. The van der Waals surface area contributed by atoms with Gasteiger partial charge in [0, 0.05) is 4.47 Å². The molecule has 0 unspecified atom stereocenters. The summed E-state index contributed by atoms with van der Waals surface area (Å²) < 4.78 is 16.8. The molecule has 0 fully saturated rings. The minimum atomic E-state index is -0.649. The third kappa shape index (κ3) is 6.47. The van der Waals surface area contributed by atoms with E-state index in [-0.39, 0.29) is 12.0 Å². The smallest absolute Gasteiger partial charge is 0.310 e. The maximum Gasteiger partial charge on any atom is 0.310 e. The maximum atomic E-state index is 12.2. The van der Waals surface area contributed by atoms with Crippen molar-refractivity contribution in [1.29, 1.82) is 0 Å². The molecule has 0 spiro atoms. The lowest BCUT2D eigenvalue weighted by atomic mass is 10.1. The topological polar surface area (TPSA) is 117 Å². The van der Waals surface area contributed by atoms with Crippen molar-refractivity contribution in [2.24, 2.45) is 5.73 Å². The van der Waals surface area contributed by atoms with Gasteiger partial charge in [-0.2, -0.15) is 0 Å². The van der Waals surface area contributed by atoms with E-state index in [1.165, 1.54) is 6.07 Å². The van der Waals surface area contributed by atoms with Crippen LogP contribution in [0.25, 0.3) is 0 Å². The molecule has 3 N–H and O–H groups in total. The molecule has 1 aromatic heterocycles. The standard InChI is InChI=1S/C19H21BrN2O6S/c1-3-26-14-7-11(13(20)9-15(14)27-4-2)8-17(24)28-10-16(23)22-19-12(18(21)25)5-6-29-19/h5-7,9H,3-4,8,10H2,1-2H3,(H2,21,25)(H,22,23). The molecule has 0 radical (unpaired) electrons. The number of benzene rings is 1. The molecule has 0 aliphatic rings. The molecule has 1 aromatic carbocycles. The number of thiophene rings is 1. The number of ether oxygens (including phenoxy) is 3. The molecule has 29 heavy (non-hydrogen) atoms. The Balaban J connectivity index is 1.96. The second kappa shape index (κ2) is 10.8. The molecule has 0 saturated carbocycles. The van der Waals surface area contributed by atoms with Crippen molar-refractivity contribution in [2.75, 3.05) is 25.1 Å². The number of hydrogen-bond acceptors (Lipinski definition) is 7. The number of carbonyl (C=O) groups is 3. The third-order valence-electron chi connectivity index (χ3n) is 3.60. The highest BCUT2D eigenvalue weighted by Gasteiger charge is 2.17. The van der Waals surface area contributed by atoms with Gasteiger partial charge in [0.1, 0.15) is 5.00 Å². The van der Waals surface area contributed by atoms with E-state index in [0.29, 0.717) is 39.8 Å². The predicted octanol–water partition coefficient (Wildman–Crippen LogP) is 3.13. The molecular formula is C19H21BrN2O6S. The van der Waals surface area contributed by atoms with Crippen molar-refractivity contribution in [3.63, 3.8) is 0 Å². The highest BCUT2D eigenvalue weighted by atomic mass is 79.9. The van der Waals surface area contributed by atoms with Gasteiger partial charge in [-0.3, -0.25) is 14.4 Å². The van der Waals surface area contributed by atoms with Crippen molar-refractivity contribution in [3.8, 4) is 11.5 Å². The maximum absolute atomic E-state index is 12.2. The molecule has 0 bridgehead atoms. The fraction of sp³-hybridized carbons (Fsp3) is 0.316. The number of esters is 1. The first-order valence-electron chi connectivity index (χ1n) is 8.76. The molecule has 2 aromatic rings. The number of primary amides is 1. The molecular weight excluding hydrogens is 464 g/mol. The van der Waals surface area contributed by atoms with Crippen LogP contribution in [-0.4, -0.2) is 37.6 Å². The molecule has 2 rings (SSSR count). The van der Waals surface area contributed by atoms with Crippen LogP contribution in [0.2, 0.25) is 0 Å². The van der Waals surface area contributed by atoms with Gasteiger partial charge >= 0.3 is 5.97 Å². The van der Waals surface area contributed by atoms with Crippen LogP contribution < -0.4 is 20.5 Å². The van der Waals surface area contributed by atoms with Crippen molar-refractivity contribution in [3.05, 3.63) is 39.2 Å². The normalized spacial score (nSPS) is 10.3. The number of carbonyl (C=O) groups excluding carboxylic acids is 3. The van der Waals surface area contributed by atoms with Crippen molar-refractivity contribution < 1.29 is 28.6 Å². The first-order valence-corrected chi connectivity index (χ1v) is 10.4. The lowest BCUT2D eigenvalue weighted by Gasteiger charge is -2.14. The number of amides is 2. The van der Waals surface area contributed by atoms with E-state index < -0.39 is 24.4 Å². The number of halogens is 1. The number of nitrogens with two attached hydrogens (primary N) is 1. The zero-order chi connectivity index (χ0) is 21.4. The summed E-state index contributed by atoms with van der Waals surface area (Å²) in [5.41, 5.74) is 6.07. The van der Waals surface area contributed by atoms with Crippen LogP contribution in [0.3, 0.4) is 0 Å². The summed E-state index contributed by atoms with van der Waals surface area (Å²) >= 11 is 4.56. The summed E-state index contributed by atoms with van der Waals surface area (Å²) in [7, 11) is 0. The minimum Gasteiger partial charge on any atom is -0.490 e. The van der Waals surface area contributed by atoms with E-state index >= 15 is 0 Å². The van der Waals surface area contributed by atoms with Crippen LogP contribution in [0.15, 0.2) is 28.1 Å². The fourth-order valence-corrected chi connectivity index (χ4v) is 3.64. The van der Waals surface area contributed by atoms with Gasteiger partial charge < -0.3 is 25.3 Å². The fourth-order valence-electron chi connectivity index (χ4n) is 2.36. The largest absolute Gasteiger partial charge is 0.490 e. The Morgan fingerprint density at radius 3 is 2.41 bits per heavy atom. The summed E-state index contributed by atoms with van der Waals surface area (Å²) in [6.45, 7) is 4.15. The van der Waals surface area contributed by atoms with Crippen molar-refractivity contribution in [2.45, 2.75) is 20.3 Å². The summed E-state index contributed by atoms with van der Waals surface area (Å²) in [5.74, 6) is -0.712. The van der Waals surface area contributed by atoms with Crippen LogP contribution in [-0.2, 0) is 20.7 Å². The number of anilines is 1. The van der Waals surface area contributed by atoms with E-state index in [2.05, 4.69) is 21.2 Å². The second-order valence-corrected chi connectivity index (χ2v) is 7.44. The summed E-state index contributed by atoms with van der Waals surface area (Å²) in [5, 5.41) is 4.45. The molecule has 0 saturated heterocycles. The van der Waals surface area contributed by atoms with Gasteiger partial charge in [-0.05, 0) is 43.0 Å². The summed E-state index contributed by atoms with van der Waals surface area (Å²) in [6, 6.07) is 4.94. The number of nitrogens with one attached hydrogen (secondary N) is 1. The Morgan fingerprint density at radius 1 is 1.14 bits per heavy atom. The molecule has 2 amide bonds. The van der Waals surface area contributed by atoms with Crippen molar-refractivity contribution >= 4 is 50.1 Å². The van der Waals surface area contributed by atoms with Gasteiger partial charge in [0.25, 0.3) is 11.8 Å². The Bertz CT molecular complexity index is 899. The highest BCUT2D eigenvalue weighted by Crippen LogP contribution is 2.34. The second-order valence-electron chi connectivity index (χ2n) is 5.67. The average Bonchev–Trinajstić information content (AvgIpc) is 3.12. The monoisotopic (exact) mass is 484 g/mol. The van der Waals surface area contributed by atoms with E-state index in [4.69, 9.17) is 19.9 Å². The van der Waals surface area contributed by atoms with Crippen LogP contribution in [0.1, 0.15) is 29.8 Å². The molecule has 0 aliphatic heterocycles. The first-order chi connectivity index (χ1) is 13.8. The Kier molecular flexibility index (Phi) is 8.47. The zero-order valence-corrected chi connectivity index (χ0v) is 18.4. The SMILES string of the molecule is CCOc1cc(Br)c(CC(=O)OCC(=O)Nc2sccc2C(N)=O)cc1OCC. The van der Waals surface area contributed by atoms with Gasteiger partial charge in [0.15, 0.2) is 18.1 Å². The van der Waals surface area contributed by atoms with Crippen LogP contribution in [0.5, 0.6) is 11.5 Å².